The second-order valence-electron chi connectivity index (χ2n) is 13.0. The predicted molar refractivity (Wildman–Crippen MR) is 146 cm³/mol. The summed E-state index contributed by atoms with van der Waals surface area (Å²) in [6.07, 6.45) is -2.10. The van der Waals surface area contributed by atoms with E-state index in [4.69, 9.17) is 18.9 Å². The molecule has 2 saturated carbocycles. The Morgan fingerprint density at radius 2 is 1.81 bits per heavy atom. The van der Waals surface area contributed by atoms with Crippen LogP contribution in [0.15, 0.2) is 23.0 Å². The molecule has 4 aliphatic rings. The van der Waals surface area contributed by atoms with Gasteiger partial charge in [-0.1, -0.05) is 19.4 Å². The van der Waals surface area contributed by atoms with Gasteiger partial charge in [-0.05, 0) is 63.9 Å². The molecule has 11 nitrogen and oxygen atoms in total. The fourth-order valence-corrected chi connectivity index (χ4v) is 8.78. The maximum atomic E-state index is 13.6. The Labute approximate surface area is 245 Å². The standard InChI is InChI=1S/C31H42O11/c1-8-9-21(35)41-23-16(4)17-11-20-31(14-32)25(29(17,5)12-18(23)33)19(34)13-30(6,28(38)39-7)26(31)24(27(37)40-20)42-22(36)10-15(2)3/h10,17,19-20,24-26,32,34H,8-9,11-14H2,1-7H3. The quantitative estimate of drug-likeness (QED) is 0.254. The van der Waals surface area contributed by atoms with Crippen LogP contribution >= 0.6 is 0 Å². The number of esters is 4. The molecule has 0 aromatic rings. The average molecular weight is 591 g/mol. The molecule has 9 unspecified atom stereocenters. The molecule has 0 bridgehead atoms. The van der Waals surface area contributed by atoms with Gasteiger partial charge >= 0.3 is 23.9 Å². The molecule has 42 heavy (non-hydrogen) atoms. The number of rotatable bonds is 7. The van der Waals surface area contributed by atoms with Crippen molar-refractivity contribution in [2.24, 2.45) is 34.0 Å². The van der Waals surface area contributed by atoms with E-state index in [2.05, 4.69) is 0 Å². The highest BCUT2D eigenvalue weighted by molar-refractivity contribution is 5.98. The molecule has 0 radical (unpaired) electrons. The van der Waals surface area contributed by atoms with Crippen LogP contribution in [0.25, 0.3) is 0 Å². The van der Waals surface area contributed by atoms with E-state index in [1.807, 2.05) is 13.8 Å². The molecule has 4 rings (SSSR count). The van der Waals surface area contributed by atoms with Gasteiger partial charge in [-0.25, -0.2) is 9.59 Å². The van der Waals surface area contributed by atoms with Gasteiger partial charge in [-0.15, -0.1) is 0 Å². The van der Waals surface area contributed by atoms with Gasteiger partial charge in [0.05, 0.1) is 25.2 Å². The van der Waals surface area contributed by atoms with Crippen LogP contribution in [0.5, 0.6) is 0 Å². The Hall–Kier alpha value is -3.05. The first-order valence-corrected chi connectivity index (χ1v) is 14.5. The number of hydrogen-bond acceptors (Lipinski definition) is 11. The van der Waals surface area contributed by atoms with E-state index >= 15 is 0 Å². The third-order valence-corrected chi connectivity index (χ3v) is 10.1. The number of methoxy groups -OCH3 is 1. The number of Topliss-reactive ketones (excluding diaryl/α,β-unsaturated/α-hetero) is 1. The number of ether oxygens (including phenoxy) is 4. The zero-order valence-corrected chi connectivity index (χ0v) is 25.4. The van der Waals surface area contributed by atoms with E-state index in [1.54, 1.807) is 20.8 Å². The topological polar surface area (TPSA) is 163 Å². The maximum Gasteiger partial charge on any atom is 0.348 e. The minimum absolute atomic E-state index is 0.0377. The van der Waals surface area contributed by atoms with Crippen LogP contribution < -0.4 is 0 Å². The number of carbonyl (C=O) groups is 5. The van der Waals surface area contributed by atoms with Gasteiger partial charge in [-0.3, -0.25) is 14.4 Å². The van der Waals surface area contributed by atoms with Gasteiger partial charge in [0, 0.05) is 36.2 Å². The van der Waals surface area contributed by atoms with Crippen molar-refractivity contribution < 1.29 is 53.1 Å². The van der Waals surface area contributed by atoms with Gasteiger partial charge in [-0.2, -0.15) is 0 Å². The van der Waals surface area contributed by atoms with Crippen molar-refractivity contribution in [2.75, 3.05) is 13.7 Å². The summed E-state index contributed by atoms with van der Waals surface area (Å²) < 4.78 is 22.3. The molecule has 0 aromatic heterocycles. The van der Waals surface area contributed by atoms with Crippen LogP contribution in [0.1, 0.15) is 73.6 Å². The largest absolute Gasteiger partial charge is 0.469 e. The first kappa shape index (κ1) is 31.9. The normalized spacial score (nSPS) is 38.9. The lowest BCUT2D eigenvalue weighted by molar-refractivity contribution is -0.305. The molecule has 2 N–H and O–H groups in total. The van der Waals surface area contributed by atoms with E-state index in [-0.39, 0.29) is 31.4 Å². The monoisotopic (exact) mass is 590 g/mol. The van der Waals surface area contributed by atoms with Crippen molar-refractivity contribution in [2.45, 2.75) is 92.0 Å². The third kappa shape index (κ3) is 4.69. The molecule has 232 valence electrons. The van der Waals surface area contributed by atoms with Crippen LogP contribution in [0, 0.1) is 34.0 Å². The summed E-state index contributed by atoms with van der Waals surface area (Å²) >= 11 is 0. The number of hydrogen-bond donors (Lipinski definition) is 2. The van der Waals surface area contributed by atoms with E-state index in [9.17, 15) is 34.2 Å². The summed E-state index contributed by atoms with van der Waals surface area (Å²) in [5.41, 5.74) is -2.91. The van der Waals surface area contributed by atoms with Gasteiger partial charge in [0.25, 0.3) is 0 Å². The summed E-state index contributed by atoms with van der Waals surface area (Å²) in [5, 5.41) is 23.1. The molecule has 1 saturated heterocycles. The van der Waals surface area contributed by atoms with Gasteiger partial charge < -0.3 is 29.2 Å². The summed E-state index contributed by atoms with van der Waals surface area (Å²) in [4.78, 5) is 65.8. The number of aliphatic hydroxyl groups is 2. The van der Waals surface area contributed by atoms with E-state index in [1.165, 1.54) is 20.1 Å². The van der Waals surface area contributed by atoms with Crippen molar-refractivity contribution >= 4 is 29.7 Å². The van der Waals surface area contributed by atoms with Gasteiger partial charge in [0.15, 0.2) is 11.5 Å². The maximum absolute atomic E-state index is 13.6. The number of aliphatic hydroxyl groups excluding tert-OH is 2. The lowest BCUT2D eigenvalue weighted by Crippen LogP contribution is -2.77. The molecule has 3 aliphatic carbocycles. The van der Waals surface area contributed by atoms with Crippen molar-refractivity contribution in [3.05, 3.63) is 23.0 Å². The zero-order chi connectivity index (χ0) is 31.4. The third-order valence-electron chi connectivity index (χ3n) is 10.1. The molecule has 1 heterocycles. The van der Waals surface area contributed by atoms with Crippen LogP contribution in [-0.2, 0) is 42.9 Å². The highest BCUT2D eigenvalue weighted by Crippen LogP contribution is 2.71. The summed E-state index contributed by atoms with van der Waals surface area (Å²) in [7, 11) is 1.19. The predicted octanol–water partition coefficient (Wildman–Crippen LogP) is 2.56. The number of ketones is 1. The van der Waals surface area contributed by atoms with Crippen molar-refractivity contribution in [1.82, 2.24) is 0 Å². The van der Waals surface area contributed by atoms with E-state index in [0.717, 1.165) is 0 Å². The Kier molecular flexibility index (Phi) is 8.52. The highest BCUT2D eigenvalue weighted by Gasteiger charge is 2.77. The number of allylic oxidation sites excluding steroid dienone is 3. The van der Waals surface area contributed by atoms with Crippen molar-refractivity contribution in [1.29, 1.82) is 0 Å². The van der Waals surface area contributed by atoms with E-state index in [0.29, 0.717) is 17.6 Å². The zero-order valence-electron chi connectivity index (χ0n) is 25.4. The average Bonchev–Trinajstić information content (AvgIpc) is 2.89. The van der Waals surface area contributed by atoms with Gasteiger partial charge in [0.2, 0.25) is 6.10 Å². The fraction of sp³-hybridized carbons (Fsp3) is 0.710. The Balaban J connectivity index is 1.92. The molecule has 11 heteroatoms. The van der Waals surface area contributed by atoms with Crippen molar-refractivity contribution in [3.63, 3.8) is 0 Å². The second-order valence-corrected chi connectivity index (χ2v) is 13.0. The lowest BCUT2D eigenvalue weighted by atomic mass is 9.36. The fourth-order valence-electron chi connectivity index (χ4n) is 8.78. The first-order valence-electron chi connectivity index (χ1n) is 14.5. The molecular weight excluding hydrogens is 548 g/mol. The molecule has 0 amide bonds. The van der Waals surface area contributed by atoms with Crippen LogP contribution in [0.3, 0.4) is 0 Å². The van der Waals surface area contributed by atoms with Crippen LogP contribution in [0.2, 0.25) is 0 Å². The Bertz CT molecular complexity index is 1250. The molecule has 0 spiro atoms. The molecule has 0 aromatic carbocycles. The smallest absolute Gasteiger partial charge is 0.348 e. The molecule has 1 aliphatic heterocycles. The van der Waals surface area contributed by atoms with Gasteiger partial charge in [0.1, 0.15) is 6.10 Å². The summed E-state index contributed by atoms with van der Waals surface area (Å²) in [6.45, 7) is 9.63. The van der Waals surface area contributed by atoms with E-state index < -0.39 is 88.6 Å². The number of fused-ring (bicyclic) bond motifs is 2. The summed E-state index contributed by atoms with van der Waals surface area (Å²) in [6, 6.07) is 0. The molecular formula is C31H42O11. The summed E-state index contributed by atoms with van der Waals surface area (Å²) in [5.74, 6) is -5.88. The minimum atomic E-state index is -1.59. The SMILES string of the molecule is CCCC(=O)OC1=C(C)C2CC3OC(=O)C(OC(=O)C=C(C)C)C4C(C)(C(=O)OC)CC(O)C(C2(C)CC1=O)C34CO. The highest BCUT2D eigenvalue weighted by atomic mass is 16.6. The first-order chi connectivity index (χ1) is 19.6. The number of carbonyl (C=O) groups excluding carboxylic acids is 5. The van der Waals surface area contributed by atoms with Crippen molar-refractivity contribution in [3.8, 4) is 0 Å². The van der Waals surface area contributed by atoms with Crippen LogP contribution in [-0.4, -0.2) is 71.9 Å². The molecule has 3 fully saturated rings. The lowest BCUT2D eigenvalue weighted by Gasteiger charge is -2.70. The molecule has 9 atom stereocenters. The second kappa shape index (κ2) is 11.2. The Morgan fingerprint density at radius 1 is 1.14 bits per heavy atom. The Morgan fingerprint density at radius 3 is 2.38 bits per heavy atom. The minimum Gasteiger partial charge on any atom is -0.469 e. The van der Waals surface area contributed by atoms with Crippen LogP contribution in [0.4, 0.5) is 0 Å².